The van der Waals surface area contributed by atoms with Crippen LogP contribution >= 0.6 is 0 Å². The molecule has 0 radical (unpaired) electrons. The van der Waals surface area contributed by atoms with Gasteiger partial charge in [0.2, 0.25) is 0 Å². The number of hydrogen-bond acceptors (Lipinski definition) is 2. The van der Waals surface area contributed by atoms with Crippen LogP contribution in [0.3, 0.4) is 0 Å². The molecule has 17 heavy (non-hydrogen) atoms. The Morgan fingerprint density at radius 3 is 2.06 bits per heavy atom. The molecular formula is C15H28N2. The average Bonchev–Trinajstić information content (AvgIpc) is 2.27. The first kappa shape index (κ1) is 12.0. The summed E-state index contributed by atoms with van der Waals surface area (Å²) in [5.41, 5.74) is 6.13. The van der Waals surface area contributed by atoms with E-state index in [0.717, 1.165) is 42.7 Å². The lowest BCUT2D eigenvalue weighted by atomic mass is 9.54. The summed E-state index contributed by atoms with van der Waals surface area (Å²) in [4.78, 5) is 2.61. The molecule has 0 aromatic rings. The van der Waals surface area contributed by atoms with Crippen molar-refractivity contribution in [1.82, 2.24) is 4.90 Å². The van der Waals surface area contributed by atoms with Gasteiger partial charge in [0.15, 0.2) is 0 Å². The van der Waals surface area contributed by atoms with Gasteiger partial charge in [-0.1, -0.05) is 6.92 Å². The van der Waals surface area contributed by atoms with Crippen molar-refractivity contribution in [3.8, 4) is 0 Å². The first-order valence-corrected chi connectivity index (χ1v) is 7.63. The quantitative estimate of drug-likeness (QED) is 0.812. The third-order valence-corrected chi connectivity index (χ3v) is 5.73. The molecule has 0 spiro atoms. The fourth-order valence-electron chi connectivity index (χ4n) is 5.24. The molecular weight excluding hydrogens is 208 g/mol. The van der Waals surface area contributed by atoms with Gasteiger partial charge in [0.05, 0.1) is 0 Å². The molecule has 4 rings (SSSR count). The summed E-state index contributed by atoms with van der Waals surface area (Å²) in [5.74, 6) is 4.17. The van der Waals surface area contributed by atoms with E-state index in [1.807, 2.05) is 0 Å². The summed E-state index contributed by atoms with van der Waals surface area (Å²) in [6.07, 6.45) is 8.73. The maximum absolute atomic E-state index is 6.13. The summed E-state index contributed by atoms with van der Waals surface area (Å²) in [6.45, 7) is 3.30. The first-order chi connectivity index (χ1) is 8.17. The minimum Gasteiger partial charge on any atom is -0.327 e. The van der Waals surface area contributed by atoms with Gasteiger partial charge in [0.1, 0.15) is 0 Å². The highest BCUT2D eigenvalue weighted by Gasteiger charge is 2.49. The molecule has 98 valence electrons. The lowest BCUT2D eigenvalue weighted by molar-refractivity contribution is -0.0585. The van der Waals surface area contributed by atoms with Gasteiger partial charge in [0.25, 0.3) is 0 Å². The van der Waals surface area contributed by atoms with Crippen molar-refractivity contribution >= 4 is 0 Å². The number of nitrogens with zero attached hydrogens (tertiary/aromatic N) is 1. The molecule has 0 saturated heterocycles. The van der Waals surface area contributed by atoms with Gasteiger partial charge in [-0.2, -0.15) is 0 Å². The fourth-order valence-corrected chi connectivity index (χ4v) is 5.24. The Hall–Kier alpha value is -0.0800. The van der Waals surface area contributed by atoms with Crippen LogP contribution in [0.1, 0.15) is 45.4 Å². The first-order valence-electron chi connectivity index (χ1n) is 7.63. The second-order valence-corrected chi connectivity index (χ2v) is 7.03. The van der Waals surface area contributed by atoms with Gasteiger partial charge in [-0.3, -0.25) is 0 Å². The zero-order valence-corrected chi connectivity index (χ0v) is 11.4. The summed E-state index contributed by atoms with van der Waals surface area (Å²) in [5, 5.41) is 0. The molecule has 4 aliphatic rings. The lowest BCUT2D eigenvalue weighted by Crippen LogP contribution is -2.56. The highest BCUT2D eigenvalue weighted by Crippen LogP contribution is 2.54. The molecule has 1 unspecified atom stereocenters. The van der Waals surface area contributed by atoms with E-state index < -0.39 is 0 Å². The van der Waals surface area contributed by atoms with Crippen LogP contribution in [0.4, 0.5) is 0 Å². The van der Waals surface area contributed by atoms with Crippen molar-refractivity contribution in [2.75, 3.05) is 13.6 Å². The molecule has 0 aromatic carbocycles. The van der Waals surface area contributed by atoms with Crippen molar-refractivity contribution in [3.05, 3.63) is 0 Å². The van der Waals surface area contributed by atoms with E-state index in [1.54, 1.807) is 6.42 Å². The second kappa shape index (κ2) is 4.55. The highest BCUT2D eigenvalue weighted by molar-refractivity contribution is 5.01. The van der Waals surface area contributed by atoms with Crippen LogP contribution in [0.15, 0.2) is 0 Å². The van der Waals surface area contributed by atoms with E-state index in [4.69, 9.17) is 5.73 Å². The molecule has 0 aliphatic heterocycles. The van der Waals surface area contributed by atoms with E-state index in [9.17, 15) is 0 Å². The van der Waals surface area contributed by atoms with Crippen LogP contribution in [0.25, 0.3) is 0 Å². The largest absolute Gasteiger partial charge is 0.327 e. The van der Waals surface area contributed by atoms with Gasteiger partial charge in [-0.15, -0.1) is 0 Å². The van der Waals surface area contributed by atoms with Gasteiger partial charge < -0.3 is 10.6 Å². The second-order valence-electron chi connectivity index (χ2n) is 7.03. The fraction of sp³-hybridized carbons (Fsp3) is 1.00. The maximum atomic E-state index is 6.13. The highest BCUT2D eigenvalue weighted by atomic mass is 15.2. The molecule has 0 heterocycles. The molecule has 2 heteroatoms. The van der Waals surface area contributed by atoms with Crippen LogP contribution < -0.4 is 5.73 Å². The van der Waals surface area contributed by atoms with Crippen LogP contribution in [-0.4, -0.2) is 30.6 Å². The predicted molar refractivity (Wildman–Crippen MR) is 71.7 cm³/mol. The van der Waals surface area contributed by atoms with Gasteiger partial charge in [-0.25, -0.2) is 0 Å². The molecule has 0 aromatic heterocycles. The Balaban J connectivity index is 1.67. The van der Waals surface area contributed by atoms with E-state index in [0.29, 0.717) is 6.04 Å². The molecule has 4 aliphatic carbocycles. The number of likely N-dealkylation sites (N-methyl/N-ethyl adjacent to an activating group) is 1. The lowest BCUT2D eigenvalue weighted by Gasteiger charge is -2.57. The van der Waals surface area contributed by atoms with Crippen LogP contribution in [0.2, 0.25) is 0 Å². The Labute approximate surface area is 106 Å². The molecule has 2 N–H and O–H groups in total. The minimum atomic E-state index is 0.372. The van der Waals surface area contributed by atoms with E-state index >= 15 is 0 Å². The smallest absolute Gasteiger partial charge is 0.0165 e. The van der Waals surface area contributed by atoms with Crippen molar-refractivity contribution < 1.29 is 0 Å². The normalized spacial score (nSPS) is 45.5. The Morgan fingerprint density at radius 2 is 1.59 bits per heavy atom. The maximum Gasteiger partial charge on any atom is 0.0165 e. The van der Waals surface area contributed by atoms with E-state index in [2.05, 4.69) is 18.9 Å². The van der Waals surface area contributed by atoms with Crippen molar-refractivity contribution in [3.63, 3.8) is 0 Å². The Bertz CT molecular complexity index is 248. The van der Waals surface area contributed by atoms with Crippen LogP contribution in [-0.2, 0) is 0 Å². The Kier molecular flexibility index (Phi) is 3.20. The zero-order valence-electron chi connectivity index (χ0n) is 11.4. The van der Waals surface area contributed by atoms with Crippen LogP contribution in [0.5, 0.6) is 0 Å². The zero-order chi connectivity index (χ0) is 12.0. The molecule has 4 saturated carbocycles. The third-order valence-electron chi connectivity index (χ3n) is 5.73. The molecule has 4 bridgehead atoms. The minimum absolute atomic E-state index is 0.372. The van der Waals surface area contributed by atoms with E-state index in [1.165, 1.54) is 25.7 Å². The topological polar surface area (TPSA) is 29.3 Å². The third kappa shape index (κ3) is 2.15. The number of hydrogen-bond donors (Lipinski definition) is 1. The number of rotatable bonds is 4. The SMILES string of the molecule is CCC(N)CN(C)C1C2CC3CC(C2)CC1C3. The number of nitrogens with two attached hydrogens (primary N) is 1. The Morgan fingerprint density at radius 1 is 1.06 bits per heavy atom. The van der Waals surface area contributed by atoms with Gasteiger partial charge in [-0.05, 0) is 69.2 Å². The predicted octanol–water partition coefficient (Wildman–Crippen LogP) is 2.48. The van der Waals surface area contributed by atoms with Gasteiger partial charge in [0, 0.05) is 18.6 Å². The summed E-state index contributed by atoms with van der Waals surface area (Å²) in [7, 11) is 2.32. The standard InChI is InChI=1S/C15H28N2/c1-3-14(16)9-17(2)15-12-5-10-4-11(7-12)8-13(15)6-10/h10-15H,3-9,16H2,1-2H3. The van der Waals surface area contributed by atoms with Crippen molar-refractivity contribution in [2.45, 2.75) is 57.5 Å². The summed E-state index contributed by atoms with van der Waals surface area (Å²) < 4.78 is 0. The summed E-state index contributed by atoms with van der Waals surface area (Å²) in [6, 6.07) is 1.23. The molecule has 1 atom stereocenters. The van der Waals surface area contributed by atoms with Crippen molar-refractivity contribution in [1.29, 1.82) is 0 Å². The monoisotopic (exact) mass is 236 g/mol. The average molecular weight is 236 g/mol. The summed E-state index contributed by atoms with van der Waals surface area (Å²) >= 11 is 0. The molecule has 2 nitrogen and oxygen atoms in total. The van der Waals surface area contributed by atoms with E-state index in [-0.39, 0.29) is 0 Å². The van der Waals surface area contributed by atoms with Crippen LogP contribution in [0, 0.1) is 23.7 Å². The molecule has 0 amide bonds. The van der Waals surface area contributed by atoms with Crippen molar-refractivity contribution in [2.24, 2.45) is 29.4 Å². The molecule has 4 fully saturated rings. The van der Waals surface area contributed by atoms with Gasteiger partial charge >= 0.3 is 0 Å².